The molecule has 0 atom stereocenters. The van der Waals surface area contributed by atoms with Gasteiger partial charge in [-0.05, 0) is 50.6 Å². The molecule has 25 heavy (non-hydrogen) atoms. The molecule has 0 radical (unpaired) electrons. The van der Waals surface area contributed by atoms with Gasteiger partial charge >= 0.3 is 0 Å². The third-order valence-corrected chi connectivity index (χ3v) is 3.47. The van der Waals surface area contributed by atoms with Crippen LogP contribution < -0.4 is 19.5 Å². The molecule has 0 fully saturated rings. The van der Waals surface area contributed by atoms with Crippen LogP contribution in [0.5, 0.6) is 17.2 Å². The summed E-state index contributed by atoms with van der Waals surface area (Å²) < 4.78 is 16.5. The minimum Gasteiger partial charge on any atom is -0.493 e. The van der Waals surface area contributed by atoms with Gasteiger partial charge in [-0.25, -0.2) is 0 Å². The monoisotopic (exact) mass is 343 g/mol. The highest BCUT2D eigenvalue weighted by atomic mass is 16.5. The van der Waals surface area contributed by atoms with Gasteiger partial charge in [-0.1, -0.05) is 23.8 Å². The average Bonchev–Trinajstić information content (AvgIpc) is 2.60. The van der Waals surface area contributed by atoms with Crippen LogP contribution in [0.2, 0.25) is 0 Å². The van der Waals surface area contributed by atoms with Crippen molar-refractivity contribution in [1.82, 2.24) is 5.32 Å². The van der Waals surface area contributed by atoms with E-state index in [1.807, 2.05) is 63.2 Å². The highest BCUT2D eigenvalue weighted by Crippen LogP contribution is 2.28. The van der Waals surface area contributed by atoms with E-state index in [9.17, 15) is 4.79 Å². The van der Waals surface area contributed by atoms with Crippen LogP contribution in [0.4, 0.5) is 0 Å². The predicted molar refractivity (Wildman–Crippen MR) is 97.3 cm³/mol. The van der Waals surface area contributed by atoms with Gasteiger partial charge < -0.3 is 19.5 Å². The zero-order chi connectivity index (χ0) is 18.2. The Morgan fingerprint density at radius 2 is 1.80 bits per heavy atom. The molecule has 0 heterocycles. The number of carbonyl (C=O) groups excluding carboxylic acids is 1. The number of methoxy groups -OCH3 is 1. The third kappa shape index (κ3) is 6.03. The van der Waals surface area contributed by atoms with E-state index in [1.165, 1.54) is 0 Å². The van der Waals surface area contributed by atoms with E-state index < -0.39 is 0 Å². The van der Waals surface area contributed by atoms with E-state index in [0.717, 1.165) is 11.1 Å². The summed E-state index contributed by atoms with van der Waals surface area (Å²) in [6.45, 7) is 6.30. The summed E-state index contributed by atoms with van der Waals surface area (Å²) in [6.07, 6.45) is 0.0679. The molecule has 0 unspecified atom stereocenters. The summed E-state index contributed by atoms with van der Waals surface area (Å²) in [5, 5.41) is 2.83. The maximum atomic E-state index is 11.9. The lowest BCUT2D eigenvalue weighted by Gasteiger charge is -2.15. The van der Waals surface area contributed by atoms with E-state index in [1.54, 1.807) is 7.11 Å². The molecule has 0 spiro atoms. The standard InChI is InChI=1S/C20H25NO4/c1-14(2)25-18-10-7-16(11-19(18)23-4)12-21-20(22)13-24-17-8-5-15(3)6-9-17/h5-11,14H,12-13H2,1-4H3,(H,21,22). The lowest BCUT2D eigenvalue weighted by molar-refractivity contribution is -0.123. The Hall–Kier alpha value is -2.69. The number of hydrogen-bond acceptors (Lipinski definition) is 4. The number of nitrogens with one attached hydrogen (secondary N) is 1. The van der Waals surface area contributed by atoms with Crippen LogP contribution in [0.1, 0.15) is 25.0 Å². The lowest BCUT2D eigenvalue weighted by atomic mass is 10.2. The second-order valence-electron chi connectivity index (χ2n) is 6.03. The summed E-state index contributed by atoms with van der Waals surface area (Å²) in [7, 11) is 1.60. The number of carbonyl (C=O) groups is 1. The van der Waals surface area contributed by atoms with Crippen molar-refractivity contribution in [2.24, 2.45) is 0 Å². The minimum atomic E-state index is -0.179. The van der Waals surface area contributed by atoms with Crippen molar-refractivity contribution in [3.8, 4) is 17.2 Å². The van der Waals surface area contributed by atoms with Gasteiger partial charge in [0, 0.05) is 6.54 Å². The first-order valence-corrected chi connectivity index (χ1v) is 8.27. The first kappa shape index (κ1) is 18.6. The fourth-order valence-electron chi connectivity index (χ4n) is 2.21. The summed E-state index contributed by atoms with van der Waals surface area (Å²) in [5.74, 6) is 1.84. The van der Waals surface area contributed by atoms with Crippen LogP contribution in [0, 0.1) is 6.92 Å². The lowest BCUT2D eigenvalue weighted by Crippen LogP contribution is -2.28. The fourth-order valence-corrected chi connectivity index (χ4v) is 2.21. The predicted octanol–water partition coefficient (Wildman–Crippen LogP) is 3.49. The van der Waals surface area contributed by atoms with Crippen molar-refractivity contribution >= 4 is 5.91 Å². The molecule has 2 rings (SSSR count). The van der Waals surface area contributed by atoms with Crippen LogP contribution in [0.15, 0.2) is 42.5 Å². The molecular formula is C20H25NO4. The Kier molecular flexibility index (Phi) is 6.69. The average molecular weight is 343 g/mol. The Morgan fingerprint density at radius 3 is 2.44 bits per heavy atom. The summed E-state index contributed by atoms with van der Waals surface area (Å²) in [4.78, 5) is 11.9. The van der Waals surface area contributed by atoms with Gasteiger partial charge in [0.25, 0.3) is 5.91 Å². The molecule has 1 N–H and O–H groups in total. The van der Waals surface area contributed by atoms with Crippen molar-refractivity contribution in [3.63, 3.8) is 0 Å². The zero-order valence-electron chi connectivity index (χ0n) is 15.2. The smallest absolute Gasteiger partial charge is 0.258 e. The molecule has 5 nitrogen and oxygen atoms in total. The molecule has 0 bridgehead atoms. The Morgan fingerprint density at radius 1 is 1.08 bits per heavy atom. The van der Waals surface area contributed by atoms with Gasteiger partial charge in [-0.3, -0.25) is 4.79 Å². The third-order valence-electron chi connectivity index (χ3n) is 3.47. The highest BCUT2D eigenvalue weighted by Gasteiger charge is 2.09. The second-order valence-corrected chi connectivity index (χ2v) is 6.03. The molecule has 2 aromatic carbocycles. The largest absolute Gasteiger partial charge is 0.493 e. The molecule has 0 aromatic heterocycles. The Labute approximate surface area is 148 Å². The molecule has 1 amide bonds. The van der Waals surface area contributed by atoms with Gasteiger partial charge in [0.05, 0.1) is 13.2 Å². The SMILES string of the molecule is COc1cc(CNC(=O)COc2ccc(C)cc2)ccc1OC(C)C. The Bertz CT molecular complexity index is 695. The number of benzene rings is 2. The number of ether oxygens (including phenoxy) is 3. The van der Waals surface area contributed by atoms with E-state index >= 15 is 0 Å². The highest BCUT2D eigenvalue weighted by molar-refractivity contribution is 5.77. The quantitative estimate of drug-likeness (QED) is 0.797. The topological polar surface area (TPSA) is 56.8 Å². The second kappa shape index (κ2) is 8.97. The molecule has 0 aliphatic carbocycles. The van der Waals surface area contributed by atoms with Gasteiger partial charge in [0.1, 0.15) is 5.75 Å². The minimum absolute atomic E-state index is 0.0191. The van der Waals surface area contributed by atoms with Crippen molar-refractivity contribution in [2.75, 3.05) is 13.7 Å². The molecule has 0 aliphatic rings. The molecule has 0 aliphatic heterocycles. The van der Waals surface area contributed by atoms with Gasteiger partial charge in [-0.2, -0.15) is 0 Å². The van der Waals surface area contributed by atoms with E-state index in [4.69, 9.17) is 14.2 Å². The number of rotatable bonds is 8. The Balaban J connectivity index is 1.85. The normalized spacial score (nSPS) is 10.4. The first-order valence-electron chi connectivity index (χ1n) is 8.27. The van der Waals surface area contributed by atoms with E-state index in [-0.39, 0.29) is 18.6 Å². The summed E-state index contributed by atoms with van der Waals surface area (Å²) >= 11 is 0. The van der Waals surface area contributed by atoms with Crippen molar-refractivity contribution in [1.29, 1.82) is 0 Å². The molecule has 5 heteroatoms. The molecule has 134 valence electrons. The maximum Gasteiger partial charge on any atom is 0.258 e. The van der Waals surface area contributed by atoms with Gasteiger partial charge in [-0.15, -0.1) is 0 Å². The first-order chi connectivity index (χ1) is 12.0. The van der Waals surface area contributed by atoms with Crippen LogP contribution in [0.3, 0.4) is 0 Å². The maximum absolute atomic E-state index is 11.9. The van der Waals surface area contributed by atoms with Crippen molar-refractivity contribution in [3.05, 3.63) is 53.6 Å². The number of hydrogen-bond donors (Lipinski definition) is 1. The number of amides is 1. The van der Waals surface area contributed by atoms with Crippen LogP contribution in [-0.4, -0.2) is 25.7 Å². The molecule has 0 saturated carbocycles. The van der Waals surface area contributed by atoms with Crippen LogP contribution >= 0.6 is 0 Å². The van der Waals surface area contributed by atoms with Gasteiger partial charge in [0.15, 0.2) is 18.1 Å². The summed E-state index contributed by atoms with van der Waals surface area (Å²) in [6, 6.07) is 13.2. The van der Waals surface area contributed by atoms with Crippen LogP contribution in [0.25, 0.3) is 0 Å². The molecule has 2 aromatic rings. The van der Waals surface area contributed by atoms with Crippen LogP contribution in [-0.2, 0) is 11.3 Å². The summed E-state index contributed by atoms with van der Waals surface area (Å²) in [5.41, 5.74) is 2.08. The molecular weight excluding hydrogens is 318 g/mol. The zero-order valence-corrected chi connectivity index (χ0v) is 15.2. The van der Waals surface area contributed by atoms with Crippen molar-refractivity contribution in [2.45, 2.75) is 33.4 Å². The van der Waals surface area contributed by atoms with Crippen molar-refractivity contribution < 1.29 is 19.0 Å². The number of aryl methyl sites for hydroxylation is 1. The van der Waals surface area contributed by atoms with E-state index in [0.29, 0.717) is 23.8 Å². The fraction of sp³-hybridized carbons (Fsp3) is 0.350. The van der Waals surface area contributed by atoms with Gasteiger partial charge in [0.2, 0.25) is 0 Å². The van der Waals surface area contributed by atoms with E-state index in [2.05, 4.69) is 5.32 Å². The molecule has 0 saturated heterocycles.